The maximum atomic E-state index is 4.60. The molecule has 2 heterocycles. The summed E-state index contributed by atoms with van der Waals surface area (Å²) in [5.74, 6) is 0.913. The summed E-state index contributed by atoms with van der Waals surface area (Å²) in [7, 11) is 0. The Morgan fingerprint density at radius 3 is 2.65 bits per heavy atom. The van der Waals surface area contributed by atoms with Crippen LogP contribution in [0.4, 0.5) is 0 Å². The lowest BCUT2D eigenvalue weighted by atomic mass is 10.0. The van der Waals surface area contributed by atoms with Crippen LogP contribution in [0.15, 0.2) is 59.2 Å². The Balaban J connectivity index is 1.73. The van der Waals surface area contributed by atoms with Gasteiger partial charge in [0.25, 0.3) is 0 Å². The largest absolute Gasteiger partial charge is 0.229 e. The molecule has 2 nitrogen and oxygen atoms in total. The minimum absolute atomic E-state index is 0.913. The molecule has 0 fully saturated rings. The molecular weight excluding hydrogens is 356 g/mol. The van der Waals surface area contributed by atoms with Crippen LogP contribution in [0, 0.1) is 20.8 Å². The second-order valence-electron chi connectivity index (χ2n) is 6.59. The second-order valence-corrected chi connectivity index (χ2v) is 8.41. The number of benzene rings is 2. The fourth-order valence-electron chi connectivity index (χ4n) is 3.03. The zero-order chi connectivity index (χ0) is 18.1. The number of aromatic nitrogens is 2. The molecule has 130 valence electrons. The average molecular weight is 377 g/mol. The minimum Gasteiger partial charge on any atom is -0.229 e. The van der Waals surface area contributed by atoms with E-state index < -0.39 is 0 Å². The van der Waals surface area contributed by atoms with E-state index in [4.69, 9.17) is 0 Å². The van der Waals surface area contributed by atoms with Crippen LogP contribution in [0.3, 0.4) is 0 Å². The molecule has 0 amide bonds. The first-order chi connectivity index (χ1) is 12.6. The predicted molar refractivity (Wildman–Crippen MR) is 113 cm³/mol. The van der Waals surface area contributed by atoms with Gasteiger partial charge >= 0.3 is 0 Å². The van der Waals surface area contributed by atoms with E-state index in [9.17, 15) is 0 Å². The van der Waals surface area contributed by atoms with Gasteiger partial charge in [0, 0.05) is 16.7 Å². The highest BCUT2D eigenvalue weighted by atomic mass is 32.2. The Labute approximate surface area is 162 Å². The number of rotatable bonds is 4. The van der Waals surface area contributed by atoms with Gasteiger partial charge in [0.15, 0.2) is 0 Å². The van der Waals surface area contributed by atoms with Gasteiger partial charge in [0.05, 0.1) is 5.39 Å². The van der Waals surface area contributed by atoms with Crippen molar-refractivity contribution in [2.75, 3.05) is 0 Å². The quantitative estimate of drug-likeness (QED) is 0.297. The molecule has 0 bridgehead atoms. The molecule has 0 saturated carbocycles. The lowest BCUT2D eigenvalue weighted by molar-refractivity contribution is 1.11. The lowest BCUT2D eigenvalue weighted by Crippen LogP contribution is -1.88. The van der Waals surface area contributed by atoms with Crippen LogP contribution < -0.4 is 0 Å². The summed E-state index contributed by atoms with van der Waals surface area (Å²) >= 11 is 3.48. The van der Waals surface area contributed by atoms with Crippen molar-refractivity contribution in [3.8, 4) is 11.1 Å². The third kappa shape index (κ3) is 3.39. The fourth-order valence-corrected chi connectivity index (χ4v) is 4.97. The van der Waals surface area contributed by atoms with Gasteiger partial charge in [-0.2, -0.15) is 0 Å². The smallest absolute Gasteiger partial charge is 0.128 e. The first-order valence-corrected chi connectivity index (χ1v) is 10.5. The van der Waals surface area contributed by atoms with Crippen molar-refractivity contribution in [1.29, 1.82) is 0 Å². The molecule has 0 aliphatic heterocycles. The Bertz CT molecular complexity index is 1080. The maximum absolute atomic E-state index is 4.60. The average Bonchev–Trinajstić information content (AvgIpc) is 3.07. The van der Waals surface area contributed by atoms with Crippen molar-refractivity contribution in [1.82, 2.24) is 9.97 Å². The first-order valence-electron chi connectivity index (χ1n) is 8.60. The van der Waals surface area contributed by atoms with Gasteiger partial charge in [0.2, 0.25) is 0 Å². The van der Waals surface area contributed by atoms with Crippen LogP contribution in [0.25, 0.3) is 21.3 Å². The third-order valence-electron chi connectivity index (χ3n) is 4.61. The van der Waals surface area contributed by atoms with Crippen molar-refractivity contribution in [2.24, 2.45) is 0 Å². The van der Waals surface area contributed by atoms with Crippen molar-refractivity contribution in [3.05, 3.63) is 76.4 Å². The van der Waals surface area contributed by atoms with Crippen LogP contribution in [0.2, 0.25) is 0 Å². The van der Waals surface area contributed by atoms with E-state index >= 15 is 0 Å². The normalized spacial score (nSPS) is 11.2. The van der Waals surface area contributed by atoms with Crippen LogP contribution in [0.1, 0.15) is 22.3 Å². The number of aryl methyl sites for hydroxylation is 3. The summed E-state index contributed by atoms with van der Waals surface area (Å²) in [5.41, 5.74) is 7.73. The molecule has 0 atom stereocenters. The molecule has 0 saturated heterocycles. The highest BCUT2D eigenvalue weighted by molar-refractivity contribution is 7.98. The molecule has 26 heavy (non-hydrogen) atoms. The molecule has 0 spiro atoms. The standard InChI is InChI=1S/C22H20N2S2/c1-14-5-4-6-17(9-14)11-25-21-20-19(12-26-22(20)24-13-23-21)18-8-7-15(2)16(3)10-18/h4-10,12-13H,11H2,1-3H3. The summed E-state index contributed by atoms with van der Waals surface area (Å²) in [6.07, 6.45) is 1.68. The number of thioether (sulfide) groups is 1. The molecule has 4 aromatic rings. The Kier molecular flexibility index (Phi) is 4.79. The van der Waals surface area contributed by atoms with Crippen LogP contribution in [-0.2, 0) is 5.75 Å². The molecule has 4 heteroatoms. The summed E-state index contributed by atoms with van der Waals surface area (Å²) < 4.78 is 0. The Morgan fingerprint density at radius 1 is 0.962 bits per heavy atom. The topological polar surface area (TPSA) is 25.8 Å². The van der Waals surface area contributed by atoms with Gasteiger partial charge < -0.3 is 0 Å². The monoisotopic (exact) mass is 376 g/mol. The first kappa shape index (κ1) is 17.3. The van der Waals surface area contributed by atoms with E-state index in [1.54, 1.807) is 29.4 Å². The minimum atomic E-state index is 0.913. The van der Waals surface area contributed by atoms with Gasteiger partial charge in [0.1, 0.15) is 16.2 Å². The lowest BCUT2D eigenvalue weighted by Gasteiger charge is -2.08. The highest BCUT2D eigenvalue weighted by Crippen LogP contribution is 2.39. The van der Waals surface area contributed by atoms with Crippen molar-refractivity contribution in [2.45, 2.75) is 31.6 Å². The summed E-state index contributed by atoms with van der Waals surface area (Å²) in [5, 5.41) is 4.45. The summed E-state index contributed by atoms with van der Waals surface area (Å²) in [6, 6.07) is 15.3. The molecular formula is C22H20N2S2. The number of hydrogen-bond donors (Lipinski definition) is 0. The SMILES string of the molecule is Cc1cccc(CSc2ncnc3scc(-c4ccc(C)c(C)c4)c23)c1. The van der Waals surface area contributed by atoms with Crippen LogP contribution >= 0.6 is 23.1 Å². The number of thiophene rings is 1. The second kappa shape index (κ2) is 7.22. The molecule has 0 unspecified atom stereocenters. The number of hydrogen-bond acceptors (Lipinski definition) is 4. The van der Waals surface area contributed by atoms with Crippen molar-refractivity contribution >= 4 is 33.3 Å². The molecule has 2 aromatic carbocycles. The van der Waals surface area contributed by atoms with Crippen molar-refractivity contribution < 1.29 is 0 Å². The maximum Gasteiger partial charge on any atom is 0.128 e. The molecule has 0 aliphatic rings. The van der Waals surface area contributed by atoms with Crippen molar-refractivity contribution in [3.63, 3.8) is 0 Å². The van der Waals surface area contributed by atoms with Gasteiger partial charge in [-0.1, -0.05) is 48.0 Å². The van der Waals surface area contributed by atoms with E-state index in [1.165, 1.54) is 38.8 Å². The summed E-state index contributed by atoms with van der Waals surface area (Å²) in [6.45, 7) is 6.45. The zero-order valence-corrected chi connectivity index (χ0v) is 16.7. The molecule has 0 aliphatic carbocycles. The van der Waals surface area contributed by atoms with Crippen LogP contribution in [-0.4, -0.2) is 9.97 Å². The number of nitrogens with zero attached hydrogens (tertiary/aromatic N) is 2. The Morgan fingerprint density at radius 2 is 1.85 bits per heavy atom. The van der Waals surface area contributed by atoms with Gasteiger partial charge in [-0.15, -0.1) is 23.1 Å². The molecule has 0 N–H and O–H groups in total. The van der Waals surface area contributed by atoms with Gasteiger partial charge in [-0.05, 0) is 43.0 Å². The zero-order valence-electron chi connectivity index (χ0n) is 15.1. The van der Waals surface area contributed by atoms with Crippen LogP contribution in [0.5, 0.6) is 0 Å². The highest BCUT2D eigenvalue weighted by Gasteiger charge is 2.14. The van der Waals surface area contributed by atoms with E-state index in [-0.39, 0.29) is 0 Å². The fraction of sp³-hybridized carbons (Fsp3) is 0.182. The van der Waals surface area contributed by atoms with E-state index in [0.29, 0.717) is 0 Å². The molecule has 2 aromatic heterocycles. The molecule has 4 rings (SSSR count). The van der Waals surface area contributed by atoms with Gasteiger partial charge in [-0.3, -0.25) is 0 Å². The third-order valence-corrected chi connectivity index (χ3v) is 6.56. The van der Waals surface area contributed by atoms with E-state index in [0.717, 1.165) is 15.6 Å². The number of fused-ring (bicyclic) bond motifs is 1. The Hall–Kier alpha value is -2.17. The van der Waals surface area contributed by atoms with Gasteiger partial charge in [-0.25, -0.2) is 9.97 Å². The van der Waals surface area contributed by atoms with E-state index in [2.05, 4.69) is 78.6 Å². The predicted octanol–water partition coefficient (Wildman–Crippen LogP) is 6.58. The molecule has 0 radical (unpaired) electrons. The summed E-state index contributed by atoms with van der Waals surface area (Å²) in [4.78, 5) is 10.1. The van der Waals surface area contributed by atoms with E-state index in [1.807, 2.05) is 0 Å².